The highest BCUT2D eigenvalue weighted by Gasteiger charge is 2.06. The highest BCUT2D eigenvalue weighted by atomic mass is 16.5. The van der Waals surface area contributed by atoms with Gasteiger partial charge in [-0.05, 0) is 19.2 Å². The number of methoxy groups -OCH3 is 1. The van der Waals surface area contributed by atoms with Crippen LogP contribution in [0.25, 0.3) is 0 Å². The quantitative estimate of drug-likeness (QED) is 0.677. The van der Waals surface area contributed by atoms with Crippen LogP contribution < -0.4 is 5.32 Å². The monoisotopic (exact) mass is 291 g/mol. The fourth-order valence-corrected chi connectivity index (χ4v) is 1.55. The predicted octanol–water partition coefficient (Wildman–Crippen LogP) is -0.267. The van der Waals surface area contributed by atoms with Crippen LogP contribution in [0, 0.1) is 11.8 Å². The molecule has 114 valence electrons. The number of ether oxygens (including phenoxy) is 1. The van der Waals surface area contributed by atoms with Crippen LogP contribution in [-0.2, 0) is 4.74 Å². The number of amides is 1. The lowest BCUT2D eigenvalue weighted by molar-refractivity contribution is 0.0942. The van der Waals surface area contributed by atoms with Gasteiger partial charge in [-0.25, -0.2) is 4.98 Å². The Morgan fingerprint density at radius 2 is 2.29 bits per heavy atom. The molecule has 0 aromatic carbocycles. The van der Waals surface area contributed by atoms with Gasteiger partial charge in [-0.2, -0.15) is 0 Å². The van der Waals surface area contributed by atoms with Gasteiger partial charge < -0.3 is 20.1 Å². The molecular formula is C15H21N3O3. The topological polar surface area (TPSA) is 74.7 Å². The van der Waals surface area contributed by atoms with Crippen molar-refractivity contribution in [2.24, 2.45) is 0 Å². The van der Waals surface area contributed by atoms with E-state index in [-0.39, 0.29) is 12.5 Å². The van der Waals surface area contributed by atoms with Crippen LogP contribution in [0.15, 0.2) is 18.3 Å². The molecule has 0 aliphatic carbocycles. The average molecular weight is 291 g/mol. The van der Waals surface area contributed by atoms with Crippen molar-refractivity contribution in [3.63, 3.8) is 0 Å². The molecular weight excluding hydrogens is 270 g/mol. The summed E-state index contributed by atoms with van der Waals surface area (Å²) in [6.45, 7) is 2.59. The number of nitrogens with one attached hydrogen (secondary N) is 1. The summed E-state index contributed by atoms with van der Waals surface area (Å²) in [5, 5.41) is 11.4. The number of hydrogen-bond acceptors (Lipinski definition) is 5. The molecule has 1 aromatic rings. The van der Waals surface area contributed by atoms with Crippen molar-refractivity contribution in [2.75, 3.05) is 47.0 Å². The first kappa shape index (κ1) is 17.1. The van der Waals surface area contributed by atoms with Crippen LogP contribution >= 0.6 is 0 Å². The molecule has 1 rings (SSSR count). The summed E-state index contributed by atoms with van der Waals surface area (Å²) in [6.07, 6.45) is 1.52. The van der Waals surface area contributed by atoms with Crippen molar-refractivity contribution in [3.05, 3.63) is 29.6 Å². The molecule has 2 N–H and O–H groups in total. The van der Waals surface area contributed by atoms with E-state index >= 15 is 0 Å². The number of likely N-dealkylation sites (N-methyl/N-ethyl adjacent to an activating group) is 1. The largest absolute Gasteiger partial charge is 0.384 e. The fraction of sp³-hybridized carbons (Fsp3) is 0.467. The Labute approximate surface area is 125 Å². The molecule has 21 heavy (non-hydrogen) atoms. The lowest BCUT2D eigenvalue weighted by atomic mass is 10.2. The number of aliphatic hydroxyl groups is 1. The standard InChI is InChI=1S/C15H21N3O3/c1-18(9-11-21-2)8-7-16-15(20)14-6-5-13(12-17-14)4-3-10-19/h5-6,12,19H,7-11H2,1-2H3,(H,16,20). The predicted molar refractivity (Wildman–Crippen MR) is 79.9 cm³/mol. The molecule has 1 aromatic heterocycles. The van der Waals surface area contributed by atoms with Crippen molar-refractivity contribution in [3.8, 4) is 11.8 Å². The Hall–Kier alpha value is -1.94. The number of hydrogen-bond donors (Lipinski definition) is 2. The molecule has 0 radical (unpaired) electrons. The zero-order chi connectivity index (χ0) is 15.5. The summed E-state index contributed by atoms with van der Waals surface area (Å²) >= 11 is 0. The number of nitrogens with zero attached hydrogens (tertiary/aromatic N) is 2. The molecule has 0 aliphatic heterocycles. The van der Waals surface area contributed by atoms with Gasteiger partial charge in [0.05, 0.1) is 6.61 Å². The van der Waals surface area contributed by atoms with E-state index in [1.807, 2.05) is 7.05 Å². The van der Waals surface area contributed by atoms with Gasteiger partial charge in [-0.3, -0.25) is 4.79 Å². The summed E-state index contributed by atoms with van der Waals surface area (Å²) in [7, 11) is 3.63. The van der Waals surface area contributed by atoms with Gasteiger partial charge in [0.2, 0.25) is 0 Å². The second-order valence-corrected chi connectivity index (χ2v) is 4.44. The van der Waals surface area contributed by atoms with E-state index in [9.17, 15) is 4.79 Å². The smallest absolute Gasteiger partial charge is 0.269 e. The third kappa shape index (κ3) is 6.86. The van der Waals surface area contributed by atoms with Crippen LogP contribution in [0.2, 0.25) is 0 Å². The zero-order valence-corrected chi connectivity index (χ0v) is 12.4. The minimum atomic E-state index is -0.211. The van der Waals surface area contributed by atoms with Crippen LogP contribution in [0.1, 0.15) is 16.1 Å². The van der Waals surface area contributed by atoms with Crippen molar-refractivity contribution < 1.29 is 14.6 Å². The van der Waals surface area contributed by atoms with Crippen molar-refractivity contribution in [2.45, 2.75) is 0 Å². The molecule has 0 saturated heterocycles. The molecule has 0 unspecified atom stereocenters. The van der Waals surface area contributed by atoms with E-state index in [1.54, 1.807) is 19.2 Å². The second-order valence-electron chi connectivity index (χ2n) is 4.44. The molecule has 1 amide bonds. The average Bonchev–Trinajstić information content (AvgIpc) is 2.51. The Morgan fingerprint density at radius 3 is 2.90 bits per heavy atom. The third-order valence-electron chi connectivity index (χ3n) is 2.76. The molecule has 6 heteroatoms. The first-order valence-corrected chi connectivity index (χ1v) is 6.69. The molecule has 6 nitrogen and oxygen atoms in total. The van der Waals surface area contributed by atoms with Gasteiger partial charge in [-0.15, -0.1) is 0 Å². The Morgan fingerprint density at radius 1 is 1.48 bits per heavy atom. The lowest BCUT2D eigenvalue weighted by Gasteiger charge is -2.15. The normalized spacial score (nSPS) is 10.1. The maximum Gasteiger partial charge on any atom is 0.269 e. The molecule has 0 aliphatic rings. The van der Waals surface area contributed by atoms with E-state index in [0.717, 1.165) is 13.1 Å². The van der Waals surface area contributed by atoms with Gasteiger partial charge in [0.15, 0.2) is 0 Å². The summed E-state index contributed by atoms with van der Waals surface area (Å²) < 4.78 is 4.98. The van der Waals surface area contributed by atoms with Gasteiger partial charge >= 0.3 is 0 Å². The molecule has 1 heterocycles. The molecule has 0 saturated carbocycles. The summed E-state index contributed by atoms with van der Waals surface area (Å²) in [6, 6.07) is 3.32. The first-order valence-electron chi connectivity index (χ1n) is 6.69. The van der Waals surface area contributed by atoms with E-state index in [2.05, 4.69) is 27.0 Å². The molecule has 0 spiro atoms. The number of aliphatic hydroxyl groups excluding tert-OH is 1. The highest BCUT2D eigenvalue weighted by molar-refractivity contribution is 5.92. The first-order chi connectivity index (χ1) is 10.2. The lowest BCUT2D eigenvalue weighted by Crippen LogP contribution is -2.34. The Kier molecular flexibility index (Phi) is 8.05. The highest BCUT2D eigenvalue weighted by Crippen LogP contribution is 1.98. The molecule has 0 atom stereocenters. The zero-order valence-electron chi connectivity index (χ0n) is 12.4. The van der Waals surface area contributed by atoms with Gasteiger partial charge in [-0.1, -0.05) is 11.8 Å². The molecule has 0 bridgehead atoms. The number of rotatable bonds is 7. The second kappa shape index (κ2) is 9.88. The minimum Gasteiger partial charge on any atom is -0.384 e. The SMILES string of the molecule is COCCN(C)CCNC(=O)c1ccc(C#CCO)cn1. The van der Waals surface area contributed by atoms with Crippen molar-refractivity contribution in [1.82, 2.24) is 15.2 Å². The van der Waals surface area contributed by atoms with Gasteiger partial charge in [0.1, 0.15) is 12.3 Å². The fourth-order valence-electron chi connectivity index (χ4n) is 1.55. The van der Waals surface area contributed by atoms with Gasteiger partial charge in [0.25, 0.3) is 5.91 Å². The summed E-state index contributed by atoms with van der Waals surface area (Å²) in [5.41, 5.74) is 1.02. The Bertz CT molecular complexity index is 491. The van der Waals surface area contributed by atoms with Gasteiger partial charge in [0, 0.05) is 38.5 Å². The number of carbonyl (C=O) groups is 1. The van der Waals surface area contributed by atoms with Crippen LogP contribution in [0.3, 0.4) is 0 Å². The summed E-state index contributed by atoms with van der Waals surface area (Å²) in [5.74, 6) is 5.04. The summed E-state index contributed by atoms with van der Waals surface area (Å²) in [4.78, 5) is 18.0. The van der Waals surface area contributed by atoms with Crippen molar-refractivity contribution >= 4 is 5.91 Å². The maximum absolute atomic E-state index is 11.9. The van der Waals surface area contributed by atoms with E-state index in [1.165, 1.54) is 6.20 Å². The molecule has 0 fully saturated rings. The van der Waals surface area contributed by atoms with Crippen LogP contribution in [-0.4, -0.2) is 67.9 Å². The Balaban J connectivity index is 2.38. The third-order valence-corrected chi connectivity index (χ3v) is 2.76. The number of pyridine rings is 1. The minimum absolute atomic E-state index is 0.196. The van der Waals surface area contributed by atoms with E-state index in [4.69, 9.17) is 9.84 Å². The van der Waals surface area contributed by atoms with E-state index in [0.29, 0.717) is 24.4 Å². The number of carbonyl (C=O) groups excluding carboxylic acids is 1. The maximum atomic E-state index is 11.9. The number of aromatic nitrogens is 1. The van der Waals surface area contributed by atoms with Crippen LogP contribution in [0.4, 0.5) is 0 Å². The van der Waals surface area contributed by atoms with Crippen LogP contribution in [0.5, 0.6) is 0 Å². The van der Waals surface area contributed by atoms with E-state index < -0.39 is 0 Å². The van der Waals surface area contributed by atoms with Crippen molar-refractivity contribution in [1.29, 1.82) is 0 Å².